The Hall–Kier alpha value is -7.20. The number of ether oxygens (including phenoxy) is 9. The second-order valence-corrected chi connectivity index (χ2v) is 14.0. The Morgan fingerprint density at radius 3 is 1.32 bits per heavy atom. The number of carbonyl (C=O) groups excluding carboxylic acids is 8. The highest BCUT2D eigenvalue weighted by atomic mass is 17.5. The fraction of sp³-hybridized carbons (Fsp3) is 0.400. The molecule has 2 unspecified atom stereocenters. The molecule has 0 bridgehead atoms. The van der Waals surface area contributed by atoms with E-state index in [1.54, 1.807) is 6.92 Å². The molecule has 0 aromatic carbocycles. The van der Waals surface area contributed by atoms with E-state index in [0.717, 1.165) is 24.3 Å². The van der Waals surface area contributed by atoms with E-state index in [2.05, 4.69) is 9.93 Å². The molecule has 62 heavy (non-hydrogen) atoms. The molecule has 3 fully saturated rings. The normalized spacial score (nSPS) is 27.8. The van der Waals surface area contributed by atoms with Gasteiger partial charge in [-0.25, -0.2) is 38.8 Å². The molecule has 5 aliphatic rings. The van der Waals surface area contributed by atoms with Gasteiger partial charge < -0.3 is 52.8 Å². The van der Waals surface area contributed by atoms with E-state index >= 15 is 0 Å². The fourth-order valence-electron chi connectivity index (χ4n) is 6.20. The number of hydrogen-bond acceptors (Lipinski definition) is 22. The van der Waals surface area contributed by atoms with Crippen molar-refractivity contribution in [2.75, 3.05) is 6.61 Å². The maximum absolute atomic E-state index is 12.9. The molecule has 1 aliphatic carbocycles. The van der Waals surface area contributed by atoms with Crippen molar-refractivity contribution >= 4 is 47.8 Å². The zero-order valence-corrected chi connectivity index (χ0v) is 33.2. The Bertz CT molecular complexity index is 1940. The van der Waals surface area contributed by atoms with Gasteiger partial charge in [0.2, 0.25) is 0 Å². The predicted molar refractivity (Wildman–Crippen MR) is 191 cm³/mol. The van der Waals surface area contributed by atoms with Crippen LogP contribution in [0.5, 0.6) is 0 Å². The van der Waals surface area contributed by atoms with E-state index in [1.807, 2.05) is 0 Å². The highest BCUT2D eigenvalue weighted by molar-refractivity contribution is 6.16. The molecule has 1 saturated carbocycles. The number of rotatable bonds is 14. The summed E-state index contributed by atoms with van der Waals surface area (Å²) in [5.41, 5.74) is -1.94. The molecular formula is C40H38O22-2. The van der Waals surface area contributed by atoms with Crippen molar-refractivity contribution < 1.29 is 106 Å². The third-order valence-corrected chi connectivity index (χ3v) is 9.38. The maximum atomic E-state index is 12.9. The summed E-state index contributed by atoms with van der Waals surface area (Å²) < 4.78 is 47.3. The van der Waals surface area contributed by atoms with Crippen LogP contribution in [0.15, 0.2) is 94.9 Å². The van der Waals surface area contributed by atoms with E-state index in [-0.39, 0.29) is 51.6 Å². The highest BCUT2D eigenvalue weighted by Gasteiger charge is 2.56. The van der Waals surface area contributed by atoms with Crippen molar-refractivity contribution in [1.82, 2.24) is 0 Å². The molecule has 332 valence electrons. The first kappa shape index (κ1) is 45.9. The Labute approximate surface area is 350 Å². The van der Waals surface area contributed by atoms with E-state index in [4.69, 9.17) is 47.9 Å². The Kier molecular flexibility index (Phi) is 14.1. The average Bonchev–Trinajstić information content (AvgIpc) is 3.18. The summed E-state index contributed by atoms with van der Waals surface area (Å²) in [7, 11) is 0. The second-order valence-electron chi connectivity index (χ2n) is 14.0. The lowest BCUT2D eigenvalue weighted by atomic mass is 9.87. The van der Waals surface area contributed by atoms with Crippen LogP contribution in [0.25, 0.3) is 0 Å². The van der Waals surface area contributed by atoms with E-state index < -0.39 is 112 Å². The van der Waals surface area contributed by atoms with Gasteiger partial charge in [-0.05, 0) is 50.1 Å². The molecule has 2 spiro atoms. The molecule has 22 heteroatoms. The quantitative estimate of drug-likeness (QED) is 0.0484. The van der Waals surface area contributed by atoms with Gasteiger partial charge in [0.1, 0.15) is 11.1 Å². The van der Waals surface area contributed by atoms with Gasteiger partial charge in [-0.2, -0.15) is 0 Å². The van der Waals surface area contributed by atoms with Gasteiger partial charge in [-0.3, -0.25) is 9.68 Å². The molecule has 1 N–H and O–H groups in total. The molecule has 4 aliphatic heterocycles. The zero-order valence-electron chi connectivity index (χ0n) is 33.2. The smallest absolute Gasteiger partial charge is 0.348 e. The average molecular weight is 871 g/mol. The number of allylic oxidation sites excluding steroid dienone is 8. The Balaban J connectivity index is 1.11. The van der Waals surface area contributed by atoms with Crippen molar-refractivity contribution in [1.29, 1.82) is 0 Å². The first-order chi connectivity index (χ1) is 29.3. The van der Waals surface area contributed by atoms with E-state index in [0.29, 0.717) is 0 Å². The van der Waals surface area contributed by atoms with Crippen molar-refractivity contribution in [3.63, 3.8) is 0 Å². The molecule has 4 heterocycles. The number of carbonyl (C=O) groups is 8. The van der Waals surface area contributed by atoms with Crippen LogP contribution in [-0.4, -0.2) is 82.8 Å². The van der Waals surface area contributed by atoms with E-state index in [1.165, 1.54) is 50.3 Å². The molecule has 0 aromatic heterocycles. The van der Waals surface area contributed by atoms with Gasteiger partial charge in [-0.15, -0.1) is 0 Å². The lowest BCUT2D eigenvalue weighted by Gasteiger charge is -2.45. The standard InChI is InChI=1S/C40H40O22/c1-4-52-27(41)15-17-37(2)53-29(43)23(30(44)54-37)11-7-5-9-13-25-33(47)57-39(58-34(25)48)19-21-40(22-20-39)59-35(49)26(36(50)60-40)14-10-6-8-12-24-31(45)55-38(3,56-32(24)46)18-16-28(42)61-62-51/h5-14,43,45,51H,4,15-22H2,1-3H3/p-2/b9-5+,10-6+,11-7+,12-8+,25-13?,26-14?. The molecule has 22 nitrogen and oxygen atoms in total. The van der Waals surface area contributed by atoms with Gasteiger partial charge in [0.05, 0.1) is 42.5 Å². The van der Waals surface area contributed by atoms with Crippen LogP contribution in [-0.2, 0) is 90.9 Å². The lowest BCUT2D eigenvalue weighted by Crippen LogP contribution is -2.56. The first-order valence-corrected chi connectivity index (χ1v) is 18.7. The monoisotopic (exact) mass is 870 g/mol. The number of hydrogen-bond donors (Lipinski definition) is 1. The Morgan fingerprint density at radius 2 is 0.968 bits per heavy atom. The molecule has 0 radical (unpaired) electrons. The third kappa shape index (κ3) is 11.1. The van der Waals surface area contributed by atoms with Gasteiger partial charge in [-0.1, -0.05) is 36.5 Å². The molecule has 0 amide bonds. The number of cyclic esters (lactones) is 2. The summed E-state index contributed by atoms with van der Waals surface area (Å²) in [5, 5.41) is 36.3. The predicted octanol–water partition coefficient (Wildman–Crippen LogP) is 1.02. The van der Waals surface area contributed by atoms with Crippen LogP contribution in [0.2, 0.25) is 0 Å². The van der Waals surface area contributed by atoms with Gasteiger partial charge in [0.15, 0.2) is 11.6 Å². The van der Waals surface area contributed by atoms with Crippen LogP contribution >= 0.6 is 0 Å². The largest absolute Gasteiger partial charge is 0.574 e. The molecule has 2 atom stereocenters. The van der Waals surface area contributed by atoms with Gasteiger partial charge >= 0.3 is 47.8 Å². The third-order valence-electron chi connectivity index (χ3n) is 9.38. The lowest BCUT2D eigenvalue weighted by molar-refractivity contribution is -0.462. The summed E-state index contributed by atoms with van der Waals surface area (Å²) >= 11 is 0. The van der Waals surface area contributed by atoms with Crippen LogP contribution in [0.4, 0.5) is 0 Å². The van der Waals surface area contributed by atoms with Gasteiger partial charge in [0.25, 0.3) is 11.6 Å². The van der Waals surface area contributed by atoms with Crippen LogP contribution < -0.4 is 10.2 Å². The molecule has 0 aromatic rings. The van der Waals surface area contributed by atoms with Crippen LogP contribution in [0.3, 0.4) is 0 Å². The van der Waals surface area contributed by atoms with Gasteiger partial charge in [0, 0.05) is 38.5 Å². The zero-order chi connectivity index (χ0) is 45.3. The van der Waals surface area contributed by atoms with Crippen molar-refractivity contribution in [3.8, 4) is 0 Å². The Morgan fingerprint density at radius 1 is 0.581 bits per heavy atom. The van der Waals surface area contributed by atoms with Crippen LogP contribution in [0, 0.1) is 0 Å². The summed E-state index contributed by atoms with van der Waals surface area (Å²) in [5.74, 6) is -16.8. The SMILES string of the molecule is CCOC(=O)CCC1(C)OC(=O)C(/C=C/C=C/C=C2C(=O)OC3(CCC4(CC3)OC(=O)C(=C/C=C/C=C/C3=C([O-])OC(C)(CCC(=O)OOO)OC3=O)C(=O)O4)OC2=O)=C([O-])O1. The highest BCUT2D eigenvalue weighted by Crippen LogP contribution is 2.45. The minimum Gasteiger partial charge on any atom is -0.574 e. The number of esters is 7. The van der Waals surface area contributed by atoms with Crippen molar-refractivity contribution in [2.24, 2.45) is 0 Å². The molecular weight excluding hydrogens is 832 g/mol. The maximum Gasteiger partial charge on any atom is 0.348 e. The minimum atomic E-state index is -1.80. The topological polar surface area (TPSA) is 304 Å². The summed E-state index contributed by atoms with van der Waals surface area (Å²) in [6, 6.07) is 0. The van der Waals surface area contributed by atoms with Crippen molar-refractivity contribution in [2.45, 2.75) is 95.3 Å². The van der Waals surface area contributed by atoms with E-state index in [9.17, 15) is 48.6 Å². The summed E-state index contributed by atoms with van der Waals surface area (Å²) in [4.78, 5) is 103. The van der Waals surface area contributed by atoms with Crippen molar-refractivity contribution in [3.05, 3.63) is 94.9 Å². The fourth-order valence-corrected chi connectivity index (χ4v) is 6.20. The second kappa shape index (κ2) is 19.0. The van der Waals surface area contributed by atoms with Crippen LogP contribution in [0.1, 0.15) is 72.1 Å². The first-order valence-electron chi connectivity index (χ1n) is 18.7. The molecule has 5 rings (SSSR count). The summed E-state index contributed by atoms with van der Waals surface area (Å²) in [6.45, 7) is 4.34. The molecule has 2 saturated heterocycles. The minimum absolute atomic E-state index is 0.118. The summed E-state index contributed by atoms with van der Waals surface area (Å²) in [6.07, 6.45) is 9.89.